The summed E-state index contributed by atoms with van der Waals surface area (Å²) in [6, 6.07) is 0. The van der Waals surface area contributed by atoms with Crippen LogP contribution in [0.3, 0.4) is 0 Å². The normalized spacial score (nSPS) is 18.2. The molecule has 0 aromatic carbocycles. The molecule has 4 heteroatoms. The maximum absolute atomic E-state index is 4.94. The molecule has 0 amide bonds. The minimum absolute atomic E-state index is 0. The van der Waals surface area contributed by atoms with Gasteiger partial charge in [-0.25, -0.2) is 0 Å². The van der Waals surface area contributed by atoms with Gasteiger partial charge in [0, 0.05) is 13.2 Å². The van der Waals surface area contributed by atoms with Crippen LogP contribution in [-0.2, 0) is 29.5 Å². The molecule has 2 rings (SSSR count). The molecule has 0 radical (unpaired) electrons. The van der Waals surface area contributed by atoms with E-state index in [1.807, 2.05) is 0 Å². The number of rotatable bonds is 0. The summed E-state index contributed by atoms with van der Waals surface area (Å²) in [5, 5.41) is 0. The number of hydrogen-bond donors (Lipinski definition) is 0. The third-order valence-electron chi connectivity index (χ3n) is 1.99. The van der Waals surface area contributed by atoms with Gasteiger partial charge in [-0.2, -0.15) is 0 Å². The van der Waals surface area contributed by atoms with Gasteiger partial charge in [0.2, 0.25) is 0 Å². The number of halogens is 2. The van der Waals surface area contributed by atoms with Crippen LogP contribution in [0.1, 0.15) is 26.2 Å². The third kappa shape index (κ3) is 7.23. The van der Waals surface area contributed by atoms with E-state index in [9.17, 15) is 0 Å². The van der Waals surface area contributed by atoms with Gasteiger partial charge in [0.25, 0.3) is 0 Å². The number of ether oxygens (including phenoxy) is 1. The smallest absolute Gasteiger partial charge is 1.00 e. The van der Waals surface area contributed by atoms with E-state index in [1.165, 1.54) is 24.8 Å². The molecule has 0 saturated carbocycles. The summed E-state index contributed by atoms with van der Waals surface area (Å²) in [5.41, 5.74) is 1.48. The van der Waals surface area contributed by atoms with Crippen molar-refractivity contribution >= 4 is 0 Å². The Morgan fingerprint density at radius 1 is 1.21 bits per heavy atom. The van der Waals surface area contributed by atoms with Crippen molar-refractivity contribution in [3.8, 4) is 0 Å². The van der Waals surface area contributed by atoms with Crippen LogP contribution in [0.4, 0.5) is 0 Å². The molecule has 1 nitrogen and oxygen atoms in total. The van der Waals surface area contributed by atoms with Crippen LogP contribution in [0, 0.1) is 0 Å². The SMILES string of the molecule is C1CCOC1.CC1=[C]([Zr+2])CC=C1.[Cl-].[Cl-]. The monoisotopic (exact) mass is 311 g/mol. The molecule has 0 spiro atoms. The van der Waals surface area contributed by atoms with E-state index in [1.54, 1.807) is 28.0 Å². The summed E-state index contributed by atoms with van der Waals surface area (Å²) in [7, 11) is 0. The molecule has 0 bridgehead atoms. The second kappa shape index (κ2) is 10.4. The summed E-state index contributed by atoms with van der Waals surface area (Å²) in [4.78, 5) is 0. The molecule has 0 unspecified atom stereocenters. The Labute approximate surface area is 114 Å². The second-order valence-corrected chi connectivity index (χ2v) is 4.57. The standard InChI is InChI=1S/C6H7.C4H8O.2ClH.Zr/c1-6-4-2-3-5-6;1-2-4-5-3-1;;;/h2,4H,3H2,1H3;1-4H2;2*1H;/q;;;;+2/p-2. The molecule has 0 atom stereocenters. The van der Waals surface area contributed by atoms with Gasteiger partial charge >= 0.3 is 59.1 Å². The maximum atomic E-state index is 4.94. The summed E-state index contributed by atoms with van der Waals surface area (Å²) < 4.78 is 6.55. The first-order valence-corrected chi connectivity index (χ1v) is 5.69. The van der Waals surface area contributed by atoms with Crippen molar-refractivity contribution in [3.63, 3.8) is 0 Å². The van der Waals surface area contributed by atoms with Crippen molar-refractivity contribution in [2.75, 3.05) is 13.2 Å². The van der Waals surface area contributed by atoms with E-state index in [2.05, 4.69) is 19.1 Å². The van der Waals surface area contributed by atoms with Crippen LogP contribution in [0.15, 0.2) is 21.0 Å². The molecule has 1 fully saturated rings. The first kappa shape index (κ1) is 17.3. The largest absolute Gasteiger partial charge is 1.00 e. The van der Waals surface area contributed by atoms with Crippen LogP contribution in [-0.4, -0.2) is 13.2 Å². The van der Waals surface area contributed by atoms with Crippen LogP contribution < -0.4 is 24.8 Å². The first-order chi connectivity index (χ1) is 5.80. The quantitative estimate of drug-likeness (QED) is 0.452. The zero-order valence-corrected chi connectivity index (χ0v) is 12.3. The Balaban J connectivity index is 0. The minimum atomic E-state index is 0. The first-order valence-electron chi connectivity index (χ1n) is 4.46. The molecule has 14 heavy (non-hydrogen) atoms. The van der Waals surface area contributed by atoms with Gasteiger partial charge in [-0.05, 0) is 12.8 Å². The van der Waals surface area contributed by atoms with Crippen LogP contribution in [0.2, 0.25) is 0 Å². The Hall–Kier alpha value is 0.903. The Kier molecular flexibility index (Phi) is 12.9. The molecular formula is C10H15Cl2OZr. The van der Waals surface area contributed by atoms with Crippen molar-refractivity contribution in [3.05, 3.63) is 21.0 Å². The second-order valence-electron chi connectivity index (χ2n) is 3.09. The van der Waals surface area contributed by atoms with Gasteiger partial charge in [-0.1, -0.05) is 0 Å². The third-order valence-corrected chi connectivity index (χ3v) is 3.46. The van der Waals surface area contributed by atoms with Crippen LogP contribution in [0.25, 0.3) is 0 Å². The van der Waals surface area contributed by atoms with Crippen molar-refractivity contribution < 1.29 is 54.3 Å². The number of allylic oxidation sites excluding steroid dienone is 4. The summed E-state index contributed by atoms with van der Waals surface area (Å²) >= 11 is 1.58. The van der Waals surface area contributed by atoms with Crippen LogP contribution >= 0.6 is 0 Å². The average molecular weight is 313 g/mol. The zero-order valence-electron chi connectivity index (χ0n) is 8.35. The van der Waals surface area contributed by atoms with E-state index in [4.69, 9.17) is 4.74 Å². The molecule has 79 valence electrons. The van der Waals surface area contributed by atoms with E-state index < -0.39 is 0 Å². The fourth-order valence-electron chi connectivity index (χ4n) is 1.13. The van der Waals surface area contributed by atoms with Crippen molar-refractivity contribution in [1.29, 1.82) is 0 Å². The van der Waals surface area contributed by atoms with Gasteiger partial charge < -0.3 is 29.6 Å². The van der Waals surface area contributed by atoms with Gasteiger partial charge in [-0.3, -0.25) is 0 Å². The minimum Gasteiger partial charge on any atom is -1.00 e. The maximum Gasteiger partial charge on any atom is -1.00 e. The Morgan fingerprint density at radius 3 is 1.93 bits per heavy atom. The number of hydrogen-bond acceptors (Lipinski definition) is 1. The molecule has 2 aliphatic rings. The van der Waals surface area contributed by atoms with Crippen molar-refractivity contribution in [2.24, 2.45) is 0 Å². The van der Waals surface area contributed by atoms with Gasteiger partial charge in [0.1, 0.15) is 0 Å². The fourth-order valence-corrected chi connectivity index (χ4v) is 1.62. The van der Waals surface area contributed by atoms with E-state index in [0.717, 1.165) is 13.2 Å². The van der Waals surface area contributed by atoms with Crippen molar-refractivity contribution in [1.82, 2.24) is 0 Å². The molecule has 1 aliphatic heterocycles. The van der Waals surface area contributed by atoms with Crippen LogP contribution in [0.5, 0.6) is 0 Å². The summed E-state index contributed by atoms with van der Waals surface area (Å²) in [5.74, 6) is 0. The zero-order chi connectivity index (χ0) is 8.81. The van der Waals surface area contributed by atoms with Gasteiger partial charge in [-0.15, -0.1) is 0 Å². The molecule has 1 heterocycles. The predicted molar refractivity (Wildman–Crippen MR) is 46.5 cm³/mol. The molecular weight excluding hydrogens is 298 g/mol. The van der Waals surface area contributed by atoms with Crippen molar-refractivity contribution in [2.45, 2.75) is 26.2 Å². The molecule has 0 aromatic heterocycles. The summed E-state index contributed by atoms with van der Waals surface area (Å²) in [6.45, 7) is 4.17. The fraction of sp³-hybridized carbons (Fsp3) is 0.600. The van der Waals surface area contributed by atoms with Gasteiger partial charge in [0.15, 0.2) is 0 Å². The predicted octanol–water partition coefficient (Wildman–Crippen LogP) is -3.43. The van der Waals surface area contributed by atoms with E-state index in [0.29, 0.717) is 0 Å². The molecule has 1 saturated heterocycles. The summed E-state index contributed by atoms with van der Waals surface area (Å²) in [6.07, 6.45) is 8.19. The Bertz CT molecular complexity index is 191. The van der Waals surface area contributed by atoms with E-state index >= 15 is 0 Å². The molecule has 0 aromatic rings. The average Bonchev–Trinajstić information content (AvgIpc) is 2.67. The van der Waals surface area contributed by atoms with E-state index in [-0.39, 0.29) is 24.8 Å². The molecule has 1 aliphatic carbocycles. The Morgan fingerprint density at radius 2 is 1.79 bits per heavy atom. The molecule has 0 N–H and O–H groups in total. The van der Waals surface area contributed by atoms with Gasteiger partial charge in [0.05, 0.1) is 0 Å². The topological polar surface area (TPSA) is 9.23 Å².